The third-order valence-electron chi connectivity index (χ3n) is 9.69. The number of morpholine rings is 1. The molecule has 11 nitrogen and oxygen atoms in total. The Morgan fingerprint density at radius 3 is 2.02 bits per heavy atom. The van der Waals surface area contributed by atoms with Gasteiger partial charge in [0.05, 0.1) is 13.2 Å². The molecule has 1 atom stereocenters. The van der Waals surface area contributed by atoms with Gasteiger partial charge in [-0.05, 0) is 47.6 Å². The first kappa shape index (κ1) is 37.2. The summed E-state index contributed by atoms with van der Waals surface area (Å²) in [5.74, 6) is -0.0539. The van der Waals surface area contributed by atoms with E-state index >= 15 is 0 Å². The van der Waals surface area contributed by atoms with Crippen LogP contribution in [0, 0.1) is 0 Å². The average Bonchev–Trinajstić information content (AvgIpc) is 3.63. The first-order valence-electron chi connectivity index (χ1n) is 18.2. The van der Waals surface area contributed by atoms with E-state index < -0.39 is 11.5 Å². The van der Waals surface area contributed by atoms with Crippen LogP contribution in [-0.2, 0) is 28.3 Å². The Bertz CT molecular complexity index is 1990. The van der Waals surface area contributed by atoms with E-state index in [1.165, 1.54) is 0 Å². The van der Waals surface area contributed by atoms with Crippen molar-refractivity contribution in [2.75, 3.05) is 32.8 Å². The van der Waals surface area contributed by atoms with Gasteiger partial charge in [-0.1, -0.05) is 111 Å². The van der Waals surface area contributed by atoms with Crippen LogP contribution < -0.4 is 14.8 Å². The largest absolute Gasteiger partial charge is 0.488 e. The minimum Gasteiger partial charge on any atom is -0.488 e. The lowest BCUT2D eigenvalue weighted by atomic mass is 9.84. The molecule has 0 bridgehead atoms. The van der Waals surface area contributed by atoms with Crippen molar-refractivity contribution >= 4 is 11.9 Å². The smallest absolute Gasteiger partial charge is 0.328 e. The predicted molar refractivity (Wildman–Crippen MR) is 202 cm³/mol. The highest BCUT2D eigenvalue weighted by Gasteiger charge is 2.45. The van der Waals surface area contributed by atoms with E-state index in [0.29, 0.717) is 79.9 Å². The summed E-state index contributed by atoms with van der Waals surface area (Å²) < 4.78 is 20.1. The molecule has 1 fully saturated rings. The Balaban J connectivity index is 1.48. The maximum Gasteiger partial charge on any atom is 0.328 e. The number of hydrogen-bond acceptors (Lipinski definition) is 8. The first-order valence-corrected chi connectivity index (χ1v) is 18.2. The molecular formula is C42H47N5O6. The van der Waals surface area contributed by atoms with Gasteiger partial charge in [0, 0.05) is 31.3 Å². The van der Waals surface area contributed by atoms with Gasteiger partial charge in [0.15, 0.2) is 5.69 Å². The second-order valence-corrected chi connectivity index (χ2v) is 13.3. The van der Waals surface area contributed by atoms with E-state index in [1.807, 2.05) is 116 Å². The van der Waals surface area contributed by atoms with Crippen molar-refractivity contribution in [3.05, 3.63) is 125 Å². The third-order valence-corrected chi connectivity index (χ3v) is 9.69. The molecule has 2 N–H and O–H groups in total. The summed E-state index contributed by atoms with van der Waals surface area (Å²) in [5, 5.41) is 22.5. The van der Waals surface area contributed by atoms with E-state index in [9.17, 15) is 14.7 Å². The fourth-order valence-corrected chi connectivity index (χ4v) is 6.87. The summed E-state index contributed by atoms with van der Waals surface area (Å²) in [5.41, 5.74) is 4.17. The zero-order valence-electron chi connectivity index (χ0n) is 30.7. The Morgan fingerprint density at radius 2 is 1.47 bits per heavy atom. The molecule has 5 aromatic rings. The number of carbonyl (C=O) groups is 2. The monoisotopic (exact) mass is 717 g/mol. The molecule has 4 aromatic carbocycles. The molecular weight excluding hydrogens is 670 g/mol. The predicted octanol–water partition coefficient (Wildman–Crippen LogP) is 6.99. The van der Waals surface area contributed by atoms with Crippen LogP contribution in [0.3, 0.4) is 0 Å². The number of rotatable bonds is 15. The highest BCUT2D eigenvalue weighted by Crippen LogP contribution is 2.40. The number of nitrogens with zero attached hydrogens (tertiary/aromatic N) is 4. The normalized spacial score (nSPS) is 14.4. The number of carboxylic acids is 1. The van der Waals surface area contributed by atoms with Crippen LogP contribution >= 0.6 is 0 Å². The van der Waals surface area contributed by atoms with Crippen molar-refractivity contribution in [2.24, 2.45) is 0 Å². The molecule has 1 saturated heterocycles. The molecule has 11 heteroatoms. The molecule has 0 aliphatic carbocycles. The fourth-order valence-electron chi connectivity index (χ4n) is 6.87. The number of carbonyl (C=O) groups excluding carboxylic acids is 1. The summed E-state index contributed by atoms with van der Waals surface area (Å²) in [4.78, 5) is 28.5. The molecule has 1 unspecified atom stereocenters. The minimum absolute atomic E-state index is 0.0650. The lowest BCUT2D eigenvalue weighted by Gasteiger charge is -2.42. The number of benzene rings is 4. The maximum atomic E-state index is 13.5. The summed E-state index contributed by atoms with van der Waals surface area (Å²) in [6.07, 6.45) is 0.365. The fraction of sp³-hybridized carbons (Fsp3) is 0.333. The number of carboxylic acid groups (broad SMARTS) is 1. The van der Waals surface area contributed by atoms with Crippen molar-refractivity contribution in [1.29, 1.82) is 0 Å². The number of nitrogens with one attached hydrogen (secondary N) is 1. The van der Waals surface area contributed by atoms with Gasteiger partial charge >= 0.3 is 5.97 Å². The number of amides is 1. The van der Waals surface area contributed by atoms with Crippen LogP contribution in [0.1, 0.15) is 72.8 Å². The Hall–Kier alpha value is -5.52. The summed E-state index contributed by atoms with van der Waals surface area (Å²) >= 11 is 0. The van der Waals surface area contributed by atoms with Crippen LogP contribution in [-0.4, -0.2) is 69.7 Å². The van der Waals surface area contributed by atoms with Gasteiger partial charge in [-0.25, -0.2) is 9.48 Å². The minimum atomic E-state index is -1.23. The molecule has 2 heterocycles. The van der Waals surface area contributed by atoms with Crippen LogP contribution in [0.2, 0.25) is 0 Å². The van der Waals surface area contributed by atoms with Crippen molar-refractivity contribution < 1.29 is 28.9 Å². The molecule has 1 aliphatic rings. The van der Waals surface area contributed by atoms with Gasteiger partial charge in [-0.3, -0.25) is 9.69 Å². The highest BCUT2D eigenvalue weighted by molar-refractivity contribution is 5.98. The molecule has 1 aliphatic heterocycles. The third kappa shape index (κ3) is 7.96. The lowest BCUT2D eigenvalue weighted by molar-refractivity contribution is -0.156. The molecule has 0 radical (unpaired) electrons. The van der Waals surface area contributed by atoms with Crippen LogP contribution in [0.4, 0.5) is 0 Å². The Kier molecular flexibility index (Phi) is 11.9. The van der Waals surface area contributed by atoms with E-state index in [4.69, 9.17) is 14.2 Å². The summed E-state index contributed by atoms with van der Waals surface area (Å²) in [7, 11) is 0. The quantitative estimate of drug-likeness (QED) is 0.118. The first-order chi connectivity index (χ1) is 25.8. The van der Waals surface area contributed by atoms with Crippen molar-refractivity contribution in [3.63, 3.8) is 0 Å². The van der Waals surface area contributed by atoms with Gasteiger partial charge in [-0.2, -0.15) is 0 Å². The molecule has 53 heavy (non-hydrogen) atoms. The molecule has 0 saturated carbocycles. The van der Waals surface area contributed by atoms with Crippen molar-refractivity contribution in [3.8, 4) is 28.4 Å². The van der Waals surface area contributed by atoms with E-state index in [0.717, 1.165) is 16.7 Å². The molecule has 0 spiro atoms. The maximum absolute atomic E-state index is 13.5. The number of ether oxygens (including phenoxy) is 3. The van der Waals surface area contributed by atoms with Gasteiger partial charge in [0.1, 0.15) is 41.6 Å². The van der Waals surface area contributed by atoms with Crippen LogP contribution in [0.5, 0.6) is 11.5 Å². The van der Waals surface area contributed by atoms with E-state index in [-0.39, 0.29) is 24.1 Å². The number of aliphatic carboxylic acids is 1. The van der Waals surface area contributed by atoms with E-state index in [1.54, 1.807) is 4.68 Å². The number of hydrogen-bond donors (Lipinski definition) is 2. The van der Waals surface area contributed by atoms with Gasteiger partial charge in [-0.15, -0.1) is 5.10 Å². The molecule has 1 amide bonds. The van der Waals surface area contributed by atoms with Crippen LogP contribution in [0.25, 0.3) is 16.9 Å². The Labute approximate surface area is 310 Å². The Morgan fingerprint density at radius 1 is 0.868 bits per heavy atom. The zero-order valence-corrected chi connectivity index (χ0v) is 30.7. The second-order valence-electron chi connectivity index (χ2n) is 13.3. The average molecular weight is 718 g/mol. The highest BCUT2D eigenvalue weighted by atomic mass is 16.5. The molecule has 1 aromatic heterocycles. The zero-order chi connectivity index (χ0) is 37.4. The summed E-state index contributed by atoms with van der Waals surface area (Å²) in [6, 6.07) is 31.1. The molecule has 6 rings (SSSR count). The van der Waals surface area contributed by atoms with Gasteiger partial charge in [0.25, 0.3) is 5.91 Å². The van der Waals surface area contributed by atoms with Gasteiger partial charge in [0.2, 0.25) is 0 Å². The topological polar surface area (TPSA) is 128 Å². The summed E-state index contributed by atoms with van der Waals surface area (Å²) in [6.45, 7) is 10.9. The second kappa shape index (κ2) is 16.9. The number of aromatic nitrogens is 3. The standard InChI is InChI=1S/C42H47N5O6/c1-5-42(41(49)50,46-21-23-51-24-22-46)33-19-17-32(18-20-33)39-38(40(48)43-6-2)44-45-47(39)35-25-34(29(3)4)36(52-27-30-13-9-7-10-14-30)26-37(35)53-28-31-15-11-8-12-16-31/h7-20,25-26,29H,5-6,21-24,27-28H2,1-4H3,(H,43,48)(H,49,50). The SMILES string of the molecule is CCNC(=O)c1nnn(-c2cc(C(C)C)c(OCc3ccccc3)cc2OCc2ccccc2)c1-c1ccc(C(CC)(C(=O)O)N2CCOCC2)cc1. The van der Waals surface area contributed by atoms with Gasteiger partial charge < -0.3 is 24.6 Å². The van der Waals surface area contributed by atoms with E-state index in [2.05, 4.69) is 29.5 Å². The van der Waals surface area contributed by atoms with Crippen molar-refractivity contribution in [1.82, 2.24) is 25.2 Å². The lowest BCUT2D eigenvalue weighted by Crippen LogP contribution is -2.55. The van der Waals surface area contributed by atoms with Crippen LogP contribution in [0.15, 0.2) is 97.1 Å². The van der Waals surface area contributed by atoms with Crippen molar-refractivity contribution in [2.45, 2.75) is 58.8 Å². The molecule has 276 valence electrons.